The quantitative estimate of drug-likeness (QED) is 0.482. The lowest BCUT2D eigenvalue weighted by Gasteiger charge is -2.08. The van der Waals surface area contributed by atoms with E-state index in [-0.39, 0.29) is 12.2 Å². The fraction of sp³-hybridized carbons (Fsp3) is 0.250. The number of aryl methyl sites for hydroxylation is 1. The third kappa shape index (κ3) is 4.29. The first-order chi connectivity index (χ1) is 10.2. The van der Waals surface area contributed by atoms with E-state index >= 15 is 0 Å². The molecule has 0 aliphatic carbocycles. The molecule has 0 unspecified atom stereocenters. The van der Waals surface area contributed by atoms with Gasteiger partial charge in [0.15, 0.2) is 5.75 Å². The monoisotopic (exact) mass is 286 g/mol. The molecule has 0 aromatic heterocycles. The molecule has 2 aromatic carbocycles. The third-order valence-electron chi connectivity index (χ3n) is 3.17. The zero-order chi connectivity index (χ0) is 15.1. The van der Waals surface area contributed by atoms with E-state index in [9.17, 15) is 10.1 Å². The Bertz CT molecular complexity index is 600. The van der Waals surface area contributed by atoms with Gasteiger partial charge in [-0.05, 0) is 30.0 Å². The van der Waals surface area contributed by atoms with Crippen molar-refractivity contribution in [2.45, 2.75) is 19.4 Å². The predicted molar refractivity (Wildman–Crippen MR) is 81.2 cm³/mol. The molecule has 0 atom stereocenters. The van der Waals surface area contributed by atoms with Crippen LogP contribution in [-0.4, -0.2) is 11.5 Å². The highest BCUT2D eigenvalue weighted by Gasteiger charge is 2.15. The molecule has 0 heterocycles. The minimum absolute atomic E-state index is 0.0299. The van der Waals surface area contributed by atoms with Crippen LogP contribution in [0.5, 0.6) is 5.75 Å². The smallest absolute Gasteiger partial charge is 0.311 e. The van der Waals surface area contributed by atoms with Gasteiger partial charge in [0.2, 0.25) is 0 Å². The van der Waals surface area contributed by atoms with Gasteiger partial charge >= 0.3 is 5.69 Å². The summed E-state index contributed by atoms with van der Waals surface area (Å²) in [4.78, 5) is 10.6. The zero-order valence-corrected chi connectivity index (χ0v) is 11.7. The molecular formula is C16H18N2O3. The zero-order valence-electron chi connectivity index (χ0n) is 11.7. The minimum Gasteiger partial charge on any atom is -0.487 e. The average Bonchev–Trinajstić information content (AvgIpc) is 2.52. The van der Waals surface area contributed by atoms with Gasteiger partial charge in [-0.15, -0.1) is 0 Å². The van der Waals surface area contributed by atoms with E-state index in [0.29, 0.717) is 12.4 Å². The van der Waals surface area contributed by atoms with E-state index in [0.717, 1.165) is 18.4 Å². The van der Waals surface area contributed by atoms with Gasteiger partial charge in [-0.3, -0.25) is 10.1 Å². The Morgan fingerprint density at radius 3 is 2.52 bits per heavy atom. The second-order valence-electron chi connectivity index (χ2n) is 4.70. The maximum atomic E-state index is 11.0. The van der Waals surface area contributed by atoms with Crippen LogP contribution in [0.4, 0.5) is 5.69 Å². The first-order valence-corrected chi connectivity index (χ1v) is 6.85. The van der Waals surface area contributed by atoms with Gasteiger partial charge in [-0.1, -0.05) is 36.4 Å². The lowest BCUT2D eigenvalue weighted by molar-refractivity contribution is -0.385. The summed E-state index contributed by atoms with van der Waals surface area (Å²) in [5.41, 5.74) is 7.41. The molecular weight excluding hydrogens is 268 g/mol. The maximum Gasteiger partial charge on any atom is 0.311 e. The lowest BCUT2D eigenvalue weighted by Crippen LogP contribution is -2.04. The highest BCUT2D eigenvalue weighted by Crippen LogP contribution is 2.28. The van der Waals surface area contributed by atoms with E-state index in [4.69, 9.17) is 10.5 Å². The van der Waals surface area contributed by atoms with Gasteiger partial charge in [0.1, 0.15) is 0 Å². The summed E-state index contributed by atoms with van der Waals surface area (Å²) >= 11 is 0. The van der Waals surface area contributed by atoms with Gasteiger partial charge in [-0.2, -0.15) is 0 Å². The van der Waals surface area contributed by atoms with Crippen molar-refractivity contribution in [3.63, 3.8) is 0 Å². The minimum atomic E-state index is -0.439. The molecule has 2 aromatic rings. The molecule has 0 aliphatic heterocycles. The van der Waals surface area contributed by atoms with Crippen molar-refractivity contribution in [2.75, 3.05) is 6.61 Å². The summed E-state index contributed by atoms with van der Waals surface area (Å²) in [5, 5.41) is 11.0. The summed E-state index contributed by atoms with van der Waals surface area (Å²) in [5.74, 6) is 0.297. The van der Waals surface area contributed by atoms with Crippen molar-refractivity contribution in [3.05, 3.63) is 69.8 Å². The molecule has 0 aliphatic rings. The van der Waals surface area contributed by atoms with Crippen LogP contribution < -0.4 is 10.5 Å². The summed E-state index contributed by atoms with van der Waals surface area (Å²) in [6, 6.07) is 14.9. The predicted octanol–water partition coefficient (Wildman–Crippen LogP) is 3.07. The Labute approximate surface area is 123 Å². The summed E-state index contributed by atoms with van der Waals surface area (Å²) in [6.07, 6.45) is 1.69. The first kappa shape index (κ1) is 15.0. The molecule has 0 saturated heterocycles. The van der Waals surface area contributed by atoms with Crippen molar-refractivity contribution in [1.82, 2.24) is 0 Å². The van der Waals surface area contributed by atoms with Gasteiger partial charge in [0, 0.05) is 12.6 Å². The average molecular weight is 286 g/mol. The molecule has 21 heavy (non-hydrogen) atoms. The Kier molecular flexibility index (Phi) is 5.29. The number of nitrogens with zero attached hydrogens (tertiary/aromatic N) is 1. The molecule has 0 amide bonds. The third-order valence-corrected chi connectivity index (χ3v) is 3.17. The van der Waals surface area contributed by atoms with Gasteiger partial charge in [0.05, 0.1) is 11.5 Å². The molecule has 5 heteroatoms. The molecule has 0 saturated carbocycles. The van der Waals surface area contributed by atoms with Crippen LogP contribution in [0.25, 0.3) is 0 Å². The Balaban J connectivity index is 1.92. The molecule has 0 spiro atoms. The van der Waals surface area contributed by atoms with Crippen molar-refractivity contribution < 1.29 is 9.66 Å². The number of ether oxygens (including phenoxy) is 1. The van der Waals surface area contributed by atoms with E-state index in [2.05, 4.69) is 12.1 Å². The van der Waals surface area contributed by atoms with E-state index < -0.39 is 4.92 Å². The number of nitrogens with two attached hydrogens (primary N) is 1. The molecule has 2 N–H and O–H groups in total. The number of nitro benzene ring substituents is 1. The highest BCUT2D eigenvalue weighted by atomic mass is 16.6. The number of nitro groups is 1. The van der Waals surface area contributed by atoms with Gasteiger partial charge in [-0.25, -0.2) is 0 Å². The van der Waals surface area contributed by atoms with Crippen molar-refractivity contribution in [3.8, 4) is 5.75 Å². The summed E-state index contributed by atoms with van der Waals surface area (Å²) in [6.45, 7) is 0.715. The lowest BCUT2D eigenvalue weighted by atomic mass is 10.1. The standard InChI is InChI=1S/C16H18N2O3/c17-12-14-8-9-16(15(11-14)18(19)20)21-10-4-7-13-5-2-1-3-6-13/h1-3,5-6,8-9,11H,4,7,10,12,17H2. The van der Waals surface area contributed by atoms with Crippen LogP contribution in [0.1, 0.15) is 17.5 Å². The van der Waals surface area contributed by atoms with Crippen LogP contribution >= 0.6 is 0 Å². The molecule has 2 rings (SSSR count). The largest absolute Gasteiger partial charge is 0.487 e. The summed E-state index contributed by atoms with van der Waals surface area (Å²) < 4.78 is 5.54. The first-order valence-electron chi connectivity index (χ1n) is 6.85. The van der Waals surface area contributed by atoms with Crippen LogP contribution in [0.15, 0.2) is 48.5 Å². The van der Waals surface area contributed by atoms with Crippen molar-refractivity contribution in [1.29, 1.82) is 0 Å². The second-order valence-corrected chi connectivity index (χ2v) is 4.70. The molecule has 0 bridgehead atoms. The maximum absolute atomic E-state index is 11.0. The number of rotatable bonds is 7. The van der Waals surface area contributed by atoms with Crippen molar-refractivity contribution in [2.24, 2.45) is 5.73 Å². The van der Waals surface area contributed by atoms with Gasteiger partial charge in [0.25, 0.3) is 0 Å². The Morgan fingerprint density at radius 1 is 1.10 bits per heavy atom. The number of hydrogen-bond acceptors (Lipinski definition) is 4. The Morgan fingerprint density at radius 2 is 1.86 bits per heavy atom. The van der Waals surface area contributed by atoms with Crippen LogP contribution in [-0.2, 0) is 13.0 Å². The van der Waals surface area contributed by atoms with E-state index in [1.165, 1.54) is 11.6 Å². The van der Waals surface area contributed by atoms with Gasteiger partial charge < -0.3 is 10.5 Å². The topological polar surface area (TPSA) is 78.4 Å². The van der Waals surface area contributed by atoms with Crippen LogP contribution in [0.3, 0.4) is 0 Å². The molecule has 0 fully saturated rings. The normalized spacial score (nSPS) is 10.3. The number of benzene rings is 2. The van der Waals surface area contributed by atoms with E-state index in [1.807, 2.05) is 18.2 Å². The Hall–Kier alpha value is -2.40. The molecule has 5 nitrogen and oxygen atoms in total. The SMILES string of the molecule is NCc1ccc(OCCCc2ccccc2)c([N+](=O)[O-])c1. The van der Waals surface area contributed by atoms with E-state index in [1.54, 1.807) is 12.1 Å². The van der Waals surface area contributed by atoms with Crippen molar-refractivity contribution >= 4 is 5.69 Å². The number of hydrogen-bond donors (Lipinski definition) is 1. The second kappa shape index (κ2) is 7.40. The molecule has 110 valence electrons. The summed E-state index contributed by atoms with van der Waals surface area (Å²) in [7, 11) is 0. The molecule has 0 radical (unpaired) electrons. The fourth-order valence-corrected chi connectivity index (χ4v) is 2.06. The highest BCUT2D eigenvalue weighted by molar-refractivity contribution is 5.48. The van der Waals surface area contributed by atoms with Crippen LogP contribution in [0, 0.1) is 10.1 Å². The van der Waals surface area contributed by atoms with Crippen LogP contribution in [0.2, 0.25) is 0 Å². The fourth-order valence-electron chi connectivity index (χ4n) is 2.06.